The SMILES string of the molecule is CCCc1[nH]n(C(C)(C)C)c(=O)c1CC(C)C. The van der Waals surface area contributed by atoms with Gasteiger partial charge < -0.3 is 0 Å². The van der Waals surface area contributed by atoms with Crippen LogP contribution in [0.2, 0.25) is 0 Å². The van der Waals surface area contributed by atoms with Gasteiger partial charge in [-0.05, 0) is 39.5 Å². The molecule has 0 spiro atoms. The third-order valence-electron chi connectivity index (χ3n) is 2.86. The highest BCUT2D eigenvalue weighted by Crippen LogP contribution is 2.15. The third kappa shape index (κ3) is 3.24. The number of aromatic nitrogens is 2. The minimum absolute atomic E-state index is 0.162. The van der Waals surface area contributed by atoms with Crippen LogP contribution in [0.4, 0.5) is 0 Å². The maximum atomic E-state index is 12.4. The lowest BCUT2D eigenvalue weighted by Gasteiger charge is -2.19. The lowest BCUT2D eigenvalue weighted by atomic mass is 10.0. The van der Waals surface area contributed by atoms with Crippen molar-refractivity contribution in [3.05, 3.63) is 21.6 Å². The molecule has 17 heavy (non-hydrogen) atoms. The summed E-state index contributed by atoms with van der Waals surface area (Å²) in [6, 6.07) is 0. The van der Waals surface area contributed by atoms with E-state index in [1.165, 1.54) is 0 Å². The monoisotopic (exact) mass is 238 g/mol. The molecule has 0 saturated carbocycles. The zero-order valence-electron chi connectivity index (χ0n) is 12.1. The highest BCUT2D eigenvalue weighted by Gasteiger charge is 2.21. The fourth-order valence-corrected chi connectivity index (χ4v) is 2.07. The first-order valence-corrected chi connectivity index (χ1v) is 6.60. The van der Waals surface area contributed by atoms with Crippen molar-refractivity contribution >= 4 is 0 Å². The zero-order chi connectivity index (χ0) is 13.2. The summed E-state index contributed by atoms with van der Waals surface area (Å²) in [5.41, 5.74) is 2.10. The predicted octanol–water partition coefficient (Wildman–Crippen LogP) is 3.08. The second-order valence-electron chi connectivity index (χ2n) is 6.23. The number of aromatic amines is 1. The Balaban J connectivity index is 3.25. The fraction of sp³-hybridized carbons (Fsp3) is 0.786. The van der Waals surface area contributed by atoms with Gasteiger partial charge in [-0.2, -0.15) is 0 Å². The van der Waals surface area contributed by atoms with Gasteiger partial charge in [0.2, 0.25) is 0 Å². The maximum Gasteiger partial charge on any atom is 0.270 e. The molecule has 0 aliphatic heterocycles. The second-order valence-corrected chi connectivity index (χ2v) is 6.23. The molecule has 1 heterocycles. The van der Waals surface area contributed by atoms with E-state index in [2.05, 4.69) is 46.6 Å². The summed E-state index contributed by atoms with van der Waals surface area (Å²) in [6.45, 7) is 12.6. The van der Waals surface area contributed by atoms with Crippen LogP contribution in [-0.2, 0) is 18.4 Å². The molecule has 0 atom stereocenters. The van der Waals surface area contributed by atoms with Crippen LogP contribution in [0.3, 0.4) is 0 Å². The molecule has 0 bridgehead atoms. The Labute approximate surface area is 104 Å². The van der Waals surface area contributed by atoms with E-state index < -0.39 is 0 Å². The lowest BCUT2D eigenvalue weighted by molar-refractivity contribution is 0.343. The molecule has 0 radical (unpaired) electrons. The molecule has 0 aliphatic rings. The Bertz CT molecular complexity index is 418. The molecule has 1 rings (SSSR count). The van der Waals surface area contributed by atoms with Crippen molar-refractivity contribution in [1.29, 1.82) is 0 Å². The summed E-state index contributed by atoms with van der Waals surface area (Å²) in [5.74, 6) is 0.516. The van der Waals surface area contributed by atoms with Gasteiger partial charge >= 0.3 is 0 Å². The highest BCUT2D eigenvalue weighted by molar-refractivity contribution is 5.19. The van der Waals surface area contributed by atoms with Crippen molar-refractivity contribution in [3.63, 3.8) is 0 Å². The molecule has 3 heteroatoms. The van der Waals surface area contributed by atoms with Gasteiger partial charge in [0.15, 0.2) is 0 Å². The van der Waals surface area contributed by atoms with Crippen LogP contribution in [0.25, 0.3) is 0 Å². The van der Waals surface area contributed by atoms with E-state index in [-0.39, 0.29) is 11.1 Å². The molecule has 0 saturated heterocycles. The zero-order valence-corrected chi connectivity index (χ0v) is 12.1. The van der Waals surface area contributed by atoms with Crippen molar-refractivity contribution in [1.82, 2.24) is 9.78 Å². The van der Waals surface area contributed by atoms with Gasteiger partial charge in [0.25, 0.3) is 5.56 Å². The van der Waals surface area contributed by atoms with E-state index in [1.807, 2.05) is 0 Å². The van der Waals surface area contributed by atoms with Crippen molar-refractivity contribution in [2.45, 2.75) is 66.3 Å². The van der Waals surface area contributed by atoms with Crippen molar-refractivity contribution in [2.24, 2.45) is 5.92 Å². The van der Waals surface area contributed by atoms with Gasteiger partial charge in [0.1, 0.15) is 0 Å². The molecule has 0 amide bonds. The summed E-state index contributed by atoms with van der Waals surface area (Å²) >= 11 is 0. The minimum atomic E-state index is -0.172. The summed E-state index contributed by atoms with van der Waals surface area (Å²) in [4.78, 5) is 12.4. The number of nitrogens with one attached hydrogen (secondary N) is 1. The summed E-state index contributed by atoms with van der Waals surface area (Å²) in [5, 5.41) is 3.30. The summed E-state index contributed by atoms with van der Waals surface area (Å²) in [6.07, 6.45) is 2.89. The minimum Gasteiger partial charge on any atom is -0.299 e. The largest absolute Gasteiger partial charge is 0.299 e. The molecule has 3 nitrogen and oxygen atoms in total. The molecule has 0 fully saturated rings. The lowest BCUT2D eigenvalue weighted by Crippen LogP contribution is -2.33. The van der Waals surface area contributed by atoms with Gasteiger partial charge in [0.05, 0.1) is 5.54 Å². The summed E-state index contributed by atoms with van der Waals surface area (Å²) in [7, 11) is 0. The maximum absolute atomic E-state index is 12.4. The smallest absolute Gasteiger partial charge is 0.270 e. The van der Waals surface area contributed by atoms with Crippen LogP contribution < -0.4 is 5.56 Å². The quantitative estimate of drug-likeness (QED) is 0.860. The molecule has 1 aromatic heterocycles. The molecular weight excluding hydrogens is 212 g/mol. The fourth-order valence-electron chi connectivity index (χ4n) is 2.07. The molecule has 0 unspecified atom stereocenters. The van der Waals surface area contributed by atoms with E-state index >= 15 is 0 Å². The number of aryl methyl sites for hydroxylation is 1. The van der Waals surface area contributed by atoms with Crippen LogP contribution in [0.5, 0.6) is 0 Å². The van der Waals surface area contributed by atoms with Gasteiger partial charge in [0, 0.05) is 11.3 Å². The molecule has 1 aromatic rings. The predicted molar refractivity (Wildman–Crippen MR) is 72.6 cm³/mol. The first kappa shape index (κ1) is 14.1. The van der Waals surface area contributed by atoms with E-state index in [1.54, 1.807) is 4.68 Å². The highest BCUT2D eigenvalue weighted by atomic mass is 16.1. The Morgan fingerprint density at radius 1 is 1.29 bits per heavy atom. The Morgan fingerprint density at radius 2 is 1.88 bits per heavy atom. The average molecular weight is 238 g/mol. The van der Waals surface area contributed by atoms with Crippen molar-refractivity contribution < 1.29 is 0 Å². The van der Waals surface area contributed by atoms with Crippen LogP contribution >= 0.6 is 0 Å². The third-order valence-corrected chi connectivity index (χ3v) is 2.86. The second kappa shape index (κ2) is 5.11. The number of hydrogen-bond donors (Lipinski definition) is 1. The topological polar surface area (TPSA) is 37.8 Å². The first-order chi connectivity index (χ1) is 7.77. The van der Waals surface area contributed by atoms with Gasteiger partial charge in [-0.1, -0.05) is 27.2 Å². The van der Waals surface area contributed by atoms with Gasteiger partial charge in [-0.3, -0.25) is 9.89 Å². The number of nitrogens with zero attached hydrogens (tertiary/aromatic N) is 1. The molecular formula is C14H26N2O. The van der Waals surface area contributed by atoms with Crippen LogP contribution in [-0.4, -0.2) is 9.78 Å². The molecule has 0 aromatic carbocycles. The first-order valence-electron chi connectivity index (χ1n) is 6.60. The van der Waals surface area contributed by atoms with E-state index in [9.17, 15) is 4.79 Å². The molecule has 0 aliphatic carbocycles. The normalized spacial score (nSPS) is 12.4. The van der Waals surface area contributed by atoms with Crippen molar-refractivity contribution in [2.75, 3.05) is 0 Å². The molecule has 1 N–H and O–H groups in total. The van der Waals surface area contributed by atoms with Crippen LogP contribution in [0, 0.1) is 5.92 Å². The van der Waals surface area contributed by atoms with Crippen molar-refractivity contribution in [3.8, 4) is 0 Å². The van der Waals surface area contributed by atoms with Gasteiger partial charge in [-0.25, -0.2) is 4.68 Å². The number of rotatable bonds is 4. The van der Waals surface area contributed by atoms with Gasteiger partial charge in [-0.15, -0.1) is 0 Å². The van der Waals surface area contributed by atoms with E-state index in [4.69, 9.17) is 0 Å². The van der Waals surface area contributed by atoms with Crippen LogP contribution in [0.15, 0.2) is 4.79 Å². The average Bonchev–Trinajstić information content (AvgIpc) is 2.45. The van der Waals surface area contributed by atoms with E-state index in [0.717, 1.165) is 30.5 Å². The van der Waals surface area contributed by atoms with E-state index in [0.29, 0.717) is 5.92 Å². The Hall–Kier alpha value is -0.990. The Kier molecular flexibility index (Phi) is 4.23. The molecule has 98 valence electrons. The summed E-state index contributed by atoms with van der Waals surface area (Å²) < 4.78 is 1.77. The standard InChI is InChI=1S/C14H26N2O/c1-7-8-12-11(9-10(2)3)13(17)16(15-12)14(4,5)6/h10,15H,7-9H2,1-6H3. The number of H-pyrrole nitrogens is 1. The Morgan fingerprint density at radius 3 is 2.29 bits per heavy atom. The van der Waals surface area contributed by atoms with Crippen LogP contribution in [0.1, 0.15) is 59.2 Å². The number of hydrogen-bond acceptors (Lipinski definition) is 1.